The predicted octanol–water partition coefficient (Wildman–Crippen LogP) is 2.84. The molecule has 0 aliphatic carbocycles. The van der Waals surface area contributed by atoms with Crippen LogP contribution >= 0.6 is 0 Å². The van der Waals surface area contributed by atoms with Crippen LogP contribution in [0.1, 0.15) is 25.3 Å². The number of aliphatic carboxylic acids is 1. The van der Waals surface area contributed by atoms with Gasteiger partial charge in [0.05, 0.1) is 12.1 Å². The van der Waals surface area contributed by atoms with Crippen LogP contribution in [0.25, 0.3) is 0 Å². The molecular weight excluding hydrogens is 320 g/mol. The van der Waals surface area contributed by atoms with Gasteiger partial charge in [-0.3, -0.25) is 9.59 Å². The number of hydrogen-bond donors (Lipinski definition) is 2. The quantitative estimate of drug-likeness (QED) is 0.571. The summed E-state index contributed by atoms with van der Waals surface area (Å²) in [7, 11) is 0. The molecule has 2 aromatic carbocycles. The molecule has 2 N–H and O–H groups in total. The van der Waals surface area contributed by atoms with Crippen LogP contribution < -0.4 is 10.2 Å². The first-order valence-corrected chi connectivity index (χ1v) is 7.91. The molecule has 0 fully saturated rings. The maximum absolute atomic E-state index is 12.2. The highest BCUT2D eigenvalue weighted by molar-refractivity contribution is 6.02. The number of para-hydroxylation sites is 1. The highest BCUT2D eigenvalue weighted by Crippen LogP contribution is 2.11. The van der Waals surface area contributed by atoms with E-state index in [0.29, 0.717) is 11.5 Å². The minimum absolute atomic E-state index is 0.0698. The molecule has 0 bridgehead atoms. The van der Waals surface area contributed by atoms with Gasteiger partial charge >= 0.3 is 5.97 Å². The first-order valence-electron chi connectivity index (χ1n) is 7.91. The molecule has 6 nitrogen and oxygen atoms in total. The van der Waals surface area contributed by atoms with E-state index in [2.05, 4.69) is 10.5 Å². The Hall–Kier alpha value is -3.15. The number of carbonyl (C=O) groups is 2. The van der Waals surface area contributed by atoms with Crippen molar-refractivity contribution in [2.75, 3.05) is 0 Å². The number of nitrogens with one attached hydrogen (secondary N) is 1. The lowest BCUT2D eigenvalue weighted by atomic mass is 10.1. The van der Waals surface area contributed by atoms with Crippen LogP contribution in [0.3, 0.4) is 0 Å². The first kappa shape index (κ1) is 18.2. The topological polar surface area (TPSA) is 88.0 Å². The fourth-order valence-corrected chi connectivity index (χ4v) is 2.09. The fraction of sp³-hybridized carbons (Fsp3) is 0.211. The van der Waals surface area contributed by atoms with Crippen LogP contribution in [0.4, 0.5) is 0 Å². The lowest BCUT2D eigenvalue weighted by molar-refractivity contribution is -0.136. The van der Waals surface area contributed by atoms with Crippen molar-refractivity contribution in [2.45, 2.75) is 25.9 Å². The first-order chi connectivity index (χ1) is 12.1. The number of ether oxygens (including phenoxy) is 1. The zero-order valence-electron chi connectivity index (χ0n) is 13.9. The van der Waals surface area contributed by atoms with Gasteiger partial charge in [-0.2, -0.15) is 5.10 Å². The monoisotopic (exact) mass is 340 g/mol. The minimum atomic E-state index is -0.921. The highest BCUT2D eigenvalue weighted by Gasteiger charge is 2.15. The Morgan fingerprint density at radius 2 is 1.64 bits per heavy atom. The molecule has 0 aliphatic heterocycles. The number of carboxylic acids is 1. The standard InChI is InChI=1S/C19H20N2O4/c1-14(25-16-10-6-3-7-11-16)19(24)21-20-17(12-13-18(22)23)15-8-4-2-5-9-15/h2-11,14H,12-13H2,1H3,(H,21,24)(H,22,23)/b20-17-. The number of benzene rings is 2. The molecule has 0 aromatic heterocycles. The van der Waals surface area contributed by atoms with E-state index in [0.717, 1.165) is 5.56 Å². The van der Waals surface area contributed by atoms with E-state index in [1.54, 1.807) is 19.1 Å². The van der Waals surface area contributed by atoms with Gasteiger partial charge in [0.15, 0.2) is 6.10 Å². The van der Waals surface area contributed by atoms with E-state index in [9.17, 15) is 9.59 Å². The average Bonchev–Trinajstić information content (AvgIpc) is 2.63. The van der Waals surface area contributed by atoms with Gasteiger partial charge in [-0.25, -0.2) is 5.43 Å². The lowest BCUT2D eigenvalue weighted by Crippen LogP contribution is -2.34. The normalized spacial score (nSPS) is 12.3. The smallest absolute Gasteiger partial charge is 0.303 e. The summed E-state index contributed by atoms with van der Waals surface area (Å²) in [6.45, 7) is 1.62. The summed E-state index contributed by atoms with van der Waals surface area (Å²) >= 11 is 0. The van der Waals surface area contributed by atoms with Crippen molar-refractivity contribution >= 4 is 17.6 Å². The van der Waals surface area contributed by atoms with Crippen molar-refractivity contribution in [2.24, 2.45) is 5.10 Å². The zero-order valence-corrected chi connectivity index (χ0v) is 13.9. The summed E-state index contributed by atoms with van der Waals surface area (Å²) in [5.41, 5.74) is 3.72. The second-order valence-corrected chi connectivity index (χ2v) is 5.37. The maximum atomic E-state index is 12.2. The van der Waals surface area contributed by atoms with Crippen molar-refractivity contribution in [3.8, 4) is 5.75 Å². The van der Waals surface area contributed by atoms with E-state index in [1.807, 2.05) is 48.5 Å². The average molecular weight is 340 g/mol. The molecule has 6 heteroatoms. The van der Waals surface area contributed by atoms with Crippen molar-refractivity contribution < 1.29 is 19.4 Å². The van der Waals surface area contributed by atoms with Crippen LogP contribution in [0.2, 0.25) is 0 Å². The fourth-order valence-electron chi connectivity index (χ4n) is 2.09. The van der Waals surface area contributed by atoms with Gasteiger partial charge in [-0.1, -0.05) is 48.5 Å². The van der Waals surface area contributed by atoms with Crippen molar-refractivity contribution in [1.29, 1.82) is 0 Å². The SMILES string of the molecule is CC(Oc1ccccc1)C(=O)N/N=C(/CCC(=O)O)c1ccccc1. The lowest BCUT2D eigenvalue weighted by Gasteiger charge is -2.13. The second kappa shape index (κ2) is 9.22. The Morgan fingerprint density at radius 3 is 2.24 bits per heavy atom. The summed E-state index contributed by atoms with van der Waals surface area (Å²) in [5.74, 6) is -0.744. The zero-order chi connectivity index (χ0) is 18.1. The predicted molar refractivity (Wildman–Crippen MR) is 94.5 cm³/mol. The van der Waals surface area contributed by atoms with E-state index in [-0.39, 0.29) is 12.8 Å². The largest absolute Gasteiger partial charge is 0.481 e. The molecule has 0 saturated carbocycles. The summed E-state index contributed by atoms with van der Waals surface area (Å²) in [5, 5.41) is 13.0. The van der Waals surface area contributed by atoms with Gasteiger partial charge in [0.25, 0.3) is 5.91 Å². The van der Waals surface area contributed by atoms with Crippen molar-refractivity contribution in [3.05, 3.63) is 66.2 Å². The third-order valence-corrected chi connectivity index (χ3v) is 3.41. The number of carbonyl (C=O) groups excluding carboxylic acids is 1. The van der Waals surface area contributed by atoms with E-state index in [1.165, 1.54) is 0 Å². The van der Waals surface area contributed by atoms with Gasteiger partial charge in [-0.15, -0.1) is 0 Å². The molecule has 0 spiro atoms. The minimum Gasteiger partial charge on any atom is -0.481 e. The molecule has 0 heterocycles. The molecule has 130 valence electrons. The van der Waals surface area contributed by atoms with Crippen LogP contribution in [0.15, 0.2) is 65.8 Å². The van der Waals surface area contributed by atoms with E-state index >= 15 is 0 Å². The number of hydrazone groups is 1. The molecule has 2 aromatic rings. The Morgan fingerprint density at radius 1 is 1.04 bits per heavy atom. The molecule has 0 saturated heterocycles. The van der Waals surface area contributed by atoms with E-state index < -0.39 is 18.0 Å². The molecular formula is C19H20N2O4. The number of hydrogen-bond acceptors (Lipinski definition) is 4. The summed E-state index contributed by atoms with van der Waals surface area (Å²) < 4.78 is 5.54. The van der Waals surface area contributed by atoms with E-state index in [4.69, 9.17) is 9.84 Å². The van der Waals surface area contributed by atoms with Gasteiger partial charge < -0.3 is 9.84 Å². The highest BCUT2D eigenvalue weighted by atomic mass is 16.5. The van der Waals surface area contributed by atoms with Crippen molar-refractivity contribution in [1.82, 2.24) is 5.43 Å². The van der Waals surface area contributed by atoms with Crippen LogP contribution in [0.5, 0.6) is 5.75 Å². The van der Waals surface area contributed by atoms with Gasteiger partial charge in [-0.05, 0) is 24.6 Å². The summed E-state index contributed by atoms with van der Waals surface area (Å²) in [4.78, 5) is 23.0. The Bertz CT molecular complexity index is 730. The molecule has 2 rings (SSSR count). The summed E-state index contributed by atoms with van der Waals surface area (Å²) in [6.07, 6.45) is -0.588. The number of amides is 1. The Labute approximate surface area is 146 Å². The number of carboxylic acid groups (broad SMARTS) is 1. The third kappa shape index (κ3) is 6.10. The molecule has 1 atom stereocenters. The van der Waals surface area contributed by atoms with Gasteiger partial charge in [0.2, 0.25) is 0 Å². The van der Waals surface area contributed by atoms with Crippen LogP contribution in [-0.2, 0) is 9.59 Å². The molecule has 1 unspecified atom stereocenters. The number of rotatable bonds is 8. The Balaban J connectivity index is 2.03. The molecule has 0 aliphatic rings. The second-order valence-electron chi connectivity index (χ2n) is 5.37. The van der Waals surface area contributed by atoms with Gasteiger partial charge in [0.1, 0.15) is 5.75 Å². The Kier molecular flexibility index (Phi) is 6.71. The summed E-state index contributed by atoms with van der Waals surface area (Å²) in [6, 6.07) is 18.2. The van der Waals surface area contributed by atoms with Gasteiger partial charge in [0, 0.05) is 6.42 Å². The molecule has 1 amide bonds. The molecule has 25 heavy (non-hydrogen) atoms. The number of nitrogens with zero attached hydrogens (tertiary/aromatic N) is 1. The maximum Gasteiger partial charge on any atom is 0.303 e. The molecule has 0 radical (unpaired) electrons. The van der Waals surface area contributed by atoms with Crippen molar-refractivity contribution in [3.63, 3.8) is 0 Å². The van der Waals surface area contributed by atoms with Crippen LogP contribution in [0, 0.1) is 0 Å². The third-order valence-electron chi connectivity index (χ3n) is 3.41. The van der Waals surface area contributed by atoms with Crippen LogP contribution in [-0.4, -0.2) is 28.8 Å².